The maximum Gasteiger partial charge on any atom is 0.308 e. The molecule has 2 aromatic carbocycles. The van der Waals surface area contributed by atoms with Gasteiger partial charge in [0.05, 0.1) is 10.5 Å². The van der Waals surface area contributed by atoms with E-state index in [0.29, 0.717) is 12.1 Å². The number of carbonyl (C=O) groups excluding carboxylic acids is 2. The van der Waals surface area contributed by atoms with Crippen LogP contribution in [0.1, 0.15) is 37.6 Å². The van der Waals surface area contributed by atoms with Crippen LogP contribution in [0.15, 0.2) is 53.4 Å². The molecule has 0 aliphatic carbocycles. The lowest BCUT2D eigenvalue weighted by Crippen LogP contribution is -2.31. The van der Waals surface area contributed by atoms with E-state index in [1.54, 1.807) is 19.1 Å². The molecule has 1 atom stereocenters. The Bertz CT molecular complexity index is 923. The van der Waals surface area contributed by atoms with Crippen molar-refractivity contribution in [2.45, 2.75) is 38.1 Å². The van der Waals surface area contributed by atoms with E-state index in [1.165, 1.54) is 43.3 Å². The van der Waals surface area contributed by atoms with Crippen molar-refractivity contribution in [3.05, 3.63) is 54.1 Å². The number of anilines is 1. The Hall–Kier alpha value is -2.71. The zero-order chi connectivity index (χ0) is 20.0. The molecule has 7 nitrogen and oxygen atoms in total. The molecule has 2 rings (SSSR count). The van der Waals surface area contributed by atoms with Crippen LogP contribution in [0.3, 0.4) is 0 Å². The molecule has 8 heteroatoms. The van der Waals surface area contributed by atoms with Crippen LogP contribution in [-0.4, -0.2) is 26.3 Å². The number of hydrogen-bond donors (Lipinski definition) is 2. The zero-order valence-electron chi connectivity index (χ0n) is 15.4. The number of rotatable bonds is 7. The maximum absolute atomic E-state index is 12.4. The number of amides is 1. The van der Waals surface area contributed by atoms with Crippen LogP contribution in [0.25, 0.3) is 0 Å². The van der Waals surface area contributed by atoms with Crippen LogP contribution < -0.4 is 14.8 Å². The summed E-state index contributed by atoms with van der Waals surface area (Å²) >= 11 is 0. The molecule has 1 amide bonds. The minimum atomic E-state index is -3.61. The summed E-state index contributed by atoms with van der Waals surface area (Å²) in [6, 6.07) is 12.0. The molecule has 144 valence electrons. The number of ether oxygens (including phenoxy) is 1. The fourth-order valence-electron chi connectivity index (χ4n) is 2.23. The molecule has 0 unspecified atom stereocenters. The second kappa shape index (κ2) is 8.79. The quantitative estimate of drug-likeness (QED) is 0.559. The fraction of sp³-hybridized carbons (Fsp3) is 0.263. The van der Waals surface area contributed by atoms with Gasteiger partial charge in [0, 0.05) is 18.7 Å². The average molecular weight is 390 g/mol. The van der Waals surface area contributed by atoms with Crippen LogP contribution in [0.5, 0.6) is 5.75 Å². The van der Waals surface area contributed by atoms with Crippen molar-refractivity contribution in [3.63, 3.8) is 0 Å². The standard InChI is InChI=1S/C19H22N2O5S/c1-4-13(2)21-27(24,25)16-11-9-15(10-12-16)20-19(23)17-7-5-6-8-18(17)26-14(3)22/h5-13,21H,4H2,1-3H3,(H,20,23)/t13-/m0/s1. The van der Waals surface area contributed by atoms with Gasteiger partial charge in [-0.1, -0.05) is 19.1 Å². The lowest BCUT2D eigenvalue weighted by atomic mass is 10.2. The molecule has 0 fully saturated rings. The van der Waals surface area contributed by atoms with E-state index in [-0.39, 0.29) is 22.3 Å². The molecular weight excluding hydrogens is 368 g/mol. The average Bonchev–Trinajstić information content (AvgIpc) is 2.61. The van der Waals surface area contributed by atoms with Crippen molar-refractivity contribution in [1.82, 2.24) is 4.72 Å². The number of para-hydroxylation sites is 1. The number of carbonyl (C=O) groups is 2. The molecule has 0 spiro atoms. The number of nitrogens with one attached hydrogen (secondary N) is 2. The summed E-state index contributed by atoms with van der Waals surface area (Å²) in [5.74, 6) is -0.849. The summed E-state index contributed by atoms with van der Waals surface area (Å²) < 4.78 is 32.1. The van der Waals surface area contributed by atoms with E-state index in [9.17, 15) is 18.0 Å². The monoisotopic (exact) mass is 390 g/mol. The van der Waals surface area contributed by atoms with Gasteiger partial charge >= 0.3 is 5.97 Å². The Morgan fingerprint density at radius 2 is 1.70 bits per heavy atom. The van der Waals surface area contributed by atoms with Crippen molar-refractivity contribution in [2.75, 3.05) is 5.32 Å². The second-order valence-corrected chi connectivity index (χ2v) is 7.71. The third kappa shape index (κ3) is 5.63. The first-order valence-corrected chi connectivity index (χ1v) is 9.92. The highest BCUT2D eigenvalue weighted by molar-refractivity contribution is 7.89. The van der Waals surface area contributed by atoms with Gasteiger partial charge in [-0.3, -0.25) is 9.59 Å². The Morgan fingerprint density at radius 3 is 2.30 bits per heavy atom. The molecule has 2 aromatic rings. The maximum atomic E-state index is 12.4. The SMILES string of the molecule is CC[C@H](C)NS(=O)(=O)c1ccc(NC(=O)c2ccccc2OC(C)=O)cc1. The summed E-state index contributed by atoms with van der Waals surface area (Å²) in [6.45, 7) is 4.92. The van der Waals surface area contributed by atoms with E-state index in [1.807, 2.05) is 6.92 Å². The molecule has 0 aliphatic heterocycles. The molecule has 0 aliphatic rings. The van der Waals surface area contributed by atoms with Gasteiger partial charge in [0.2, 0.25) is 10.0 Å². The molecule has 2 N–H and O–H groups in total. The van der Waals surface area contributed by atoms with Crippen LogP contribution >= 0.6 is 0 Å². The van der Waals surface area contributed by atoms with Crippen LogP contribution in [0, 0.1) is 0 Å². The second-order valence-electron chi connectivity index (χ2n) is 6.00. The van der Waals surface area contributed by atoms with Crippen molar-refractivity contribution >= 4 is 27.6 Å². The highest BCUT2D eigenvalue weighted by Gasteiger charge is 2.17. The van der Waals surface area contributed by atoms with Gasteiger partial charge in [0.15, 0.2) is 0 Å². The van der Waals surface area contributed by atoms with Gasteiger partial charge < -0.3 is 10.1 Å². The molecular formula is C19H22N2O5S. The molecule has 0 saturated carbocycles. The largest absolute Gasteiger partial charge is 0.426 e. The van der Waals surface area contributed by atoms with Gasteiger partial charge in [-0.15, -0.1) is 0 Å². The van der Waals surface area contributed by atoms with E-state index in [4.69, 9.17) is 4.74 Å². The lowest BCUT2D eigenvalue weighted by molar-refractivity contribution is -0.131. The minimum absolute atomic E-state index is 0.112. The number of esters is 1. The van der Waals surface area contributed by atoms with Crippen molar-refractivity contribution in [1.29, 1.82) is 0 Å². The Labute approximate surface area is 158 Å². The third-order valence-corrected chi connectivity index (χ3v) is 5.38. The third-order valence-electron chi connectivity index (χ3n) is 3.78. The Kier molecular flexibility index (Phi) is 6.70. The van der Waals surface area contributed by atoms with Gasteiger partial charge in [-0.2, -0.15) is 0 Å². The predicted molar refractivity (Wildman–Crippen MR) is 102 cm³/mol. The molecule has 0 aromatic heterocycles. The first-order chi connectivity index (χ1) is 12.7. The topological polar surface area (TPSA) is 102 Å². The summed E-state index contributed by atoms with van der Waals surface area (Å²) in [7, 11) is -3.61. The van der Waals surface area contributed by atoms with Crippen LogP contribution in [0.4, 0.5) is 5.69 Å². The fourth-order valence-corrected chi connectivity index (χ4v) is 3.56. The molecule has 0 bridgehead atoms. The Morgan fingerprint density at radius 1 is 1.07 bits per heavy atom. The van der Waals surface area contributed by atoms with E-state index in [0.717, 1.165) is 0 Å². The molecule has 0 radical (unpaired) electrons. The van der Waals surface area contributed by atoms with Gasteiger partial charge in [-0.05, 0) is 49.7 Å². The van der Waals surface area contributed by atoms with Crippen LogP contribution in [-0.2, 0) is 14.8 Å². The number of sulfonamides is 1. The normalized spacial score (nSPS) is 12.3. The van der Waals surface area contributed by atoms with E-state index in [2.05, 4.69) is 10.0 Å². The highest BCUT2D eigenvalue weighted by Crippen LogP contribution is 2.21. The van der Waals surface area contributed by atoms with Gasteiger partial charge in [0.25, 0.3) is 5.91 Å². The number of benzene rings is 2. The first-order valence-electron chi connectivity index (χ1n) is 8.44. The first kappa shape index (κ1) is 20.6. The lowest BCUT2D eigenvalue weighted by Gasteiger charge is -2.13. The van der Waals surface area contributed by atoms with Crippen LogP contribution in [0.2, 0.25) is 0 Å². The Balaban J connectivity index is 2.15. The predicted octanol–water partition coefficient (Wildman–Crippen LogP) is 2.94. The van der Waals surface area contributed by atoms with E-state index >= 15 is 0 Å². The summed E-state index contributed by atoms with van der Waals surface area (Å²) in [4.78, 5) is 23.7. The van der Waals surface area contributed by atoms with Gasteiger partial charge in [0.1, 0.15) is 5.75 Å². The van der Waals surface area contributed by atoms with Crippen molar-refractivity contribution in [3.8, 4) is 5.75 Å². The molecule has 0 saturated heterocycles. The van der Waals surface area contributed by atoms with Crippen molar-refractivity contribution < 1.29 is 22.7 Å². The summed E-state index contributed by atoms with van der Waals surface area (Å²) in [5.41, 5.74) is 0.614. The summed E-state index contributed by atoms with van der Waals surface area (Å²) in [6.07, 6.45) is 0.676. The minimum Gasteiger partial charge on any atom is -0.426 e. The zero-order valence-corrected chi connectivity index (χ0v) is 16.2. The smallest absolute Gasteiger partial charge is 0.308 e. The van der Waals surface area contributed by atoms with Gasteiger partial charge in [-0.25, -0.2) is 13.1 Å². The van der Waals surface area contributed by atoms with Crippen molar-refractivity contribution in [2.24, 2.45) is 0 Å². The highest BCUT2D eigenvalue weighted by atomic mass is 32.2. The molecule has 0 heterocycles. The molecule has 27 heavy (non-hydrogen) atoms. The summed E-state index contributed by atoms with van der Waals surface area (Å²) in [5, 5.41) is 2.66. The number of hydrogen-bond acceptors (Lipinski definition) is 5. The van der Waals surface area contributed by atoms with E-state index < -0.39 is 21.9 Å².